The van der Waals surface area contributed by atoms with Crippen molar-refractivity contribution in [3.63, 3.8) is 0 Å². The summed E-state index contributed by atoms with van der Waals surface area (Å²) in [4.78, 5) is 11.4. The first-order valence-electron chi connectivity index (χ1n) is 6.57. The lowest BCUT2D eigenvalue weighted by Gasteiger charge is -2.20. The summed E-state index contributed by atoms with van der Waals surface area (Å²) in [5.74, 6) is 2.07. The van der Waals surface area contributed by atoms with E-state index >= 15 is 0 Å². The van der Waals surface area contributed by atoms with Gasteiger partial charge in [0.05, 0.1) is 6.42 Å². The molecule has 1 aromatic rings. The number of fused-ring (bicyclic) bond motifs is 2. The van der Waals surface area contributed by atoms with Gasteiger partial charge in [-0.1, -0.05) is 5.57 Å². The topological polar surface area (TPSA) is 54.0 Å². The lowest BCUT2D eigenvalue weighted by atomic mass is 10.0. The Morgan fingerprint density at radius 2 is 2.15 bits per heavy atom. The van der Waals surface area contributed by atoms with E-state index in [1.807, 2.05) is 19.9 Å². The standard InChI is InChI=1S/C15H16O5/c1-9(2)5-6-17-14-10-3-4-13(16)20-11(10)7-12-15(14)19-8-18-12/h5,7H,3-4,6,8H2,1-2H3. The van der Waals surface area contributed by atoms with E-state index in [9.17, 15) is 4.79 Å². The second kappa shape index (κ2) is 5.07. The highest BCUT2D eigenvalue weighted by molar-refractivity contribution is 5.78. The first-order valence-corrected chi connectivity index (χ1v) is 6.57. The molecule has 1 aromatic carbocycles. The van der Waals surface area contributed by atoms with Crippen LogP contribution in [0.15, 0.2) is 17.7 Å². The van der Waals surface area contributed by atoms with Crippen LogP contribution in [0, 0.1) is 0 Å². The smallest absolute Gasteiger partial charge is 0.311 e. The quantitative estimate of drug-likeness (QED) is 0.482. The SMILES string of the molecule is CC(C)=CCOc1c2c(cc3c1OCO3)OC(=O)CC2. The van der Waals surface area contributed by atoms with E-state index in [4.69, 9.17) is 18.9 Å². The van der Waals surface area contributed by atoms with Crippen LogP contribution < -0.4 is 18.9 Å². The number of benzene rings is 1. The van der Waals surface area contributed by atoms with Gasteiger partial charge in [-0.15, -0.1) is 0 Å². The summed E-state index contributed by atoms with van der Waals surface area (Å²) in [6.07, 6.45) is 2.93. The predicted molar refractivity (Wildman–Crippen MR) is 71.4 cm³/mol. The van der Waals surface area contributed by atoms with Gasteiger partial charge in [0.25, 0.3) is 0 Å². The Labute approximate surface area is 117 Å². The highest BCUT2D eigenvalue weighted by Crippen LogP contribution is 2.49. The minimum atomic E-state index is -0.230. The fourth-order valence-electron chi connectivity index (χ4n) is 2.20. The highest BCUT2D eigenvalue weighted by atomic mass is 16.7. The molecule has 0 saturated heterocycles. The minimum Gasteiger partial charge on any atom is -0.485 e. The molecule has 0 spiro atoms. The molecule has 2 aliphatic rings. The van der Waals surface area contributed by atoms with Gasteiger partial charge >= 0.3 is 5.97 Å². The normalized spacial score (nSPS) is 15.4. The molecule has 0 bridgehead atoms. The Kier molecular flexibility index (Phi) is 3.26. The Morgan fingerprint density at radius 3 is 2.95 bits per heavy atom. The van der Waals surface area contributed by atoms with Crippen molar-refractivity contribution >= 4 is 5.97 Å². The molecule has 0 amide bonds. The molecule has 0 saturated carbocycles. The molecular weight excluding hydrogens is 260 g/mol. The number of carbonyl (C=O) groups excluding carboxylic acids is 1. The van der Waals surface area contributed by atoms with Crippen LogP contribution in [-0.4, -0.2) is 19.4 Å². The molecule has 5 nitrogen and oxygen atoms in total. The highest BCUT2D eigenvalue weighted by Gasteiger charge is 2.30. The summed E-state index contributed by atoms with van der Waals surface area (Å²) in [7, 11) is 0. The van der Waals surface area contributed by atoms with Crippen molar-refractivity contribution in [2.45, 2.75) is 26.7 Å². The molecule has 0 aliphatic carbocycles. The molecule has 3 rings (SSSR count). The van der Waals surface area contributed by atoms with E-state index in [2.05, 4.69) is 0 Å². The average Bonchev–Trinajstić information content (AvgIpc) is 2.85. The van der Waals surface area contributed by atoms with Crippen molar-refractivity contribution in [2.24, 2.45) is 0 Å². The van der Waals surface area contributed by atoms with Gasteiger partial charge in [0.2, 0.25) is 12.5 Å². The fraction of sp³-hybridized carbons (Fsp3) is 0.400. The lowest BCUT2D eigenvalue weighted by molar-refractivity contribution is -0.135. The number of carbonyl (C=O) groups is 1. The van der Waals surface area contributed by atoms with Gasteiger partial charge in [-0.05, 0) is 26.3 Å². The Balaban J connectivity index is 1.98. The van der Waals surface area contributed by atoms with E-state index in [1.54, 1.807) is 6.07 Å². The molecular formula is C15H16O5. The van der Waals surface area contributed by atoms with Crippen molar-refractivity contribution in [3.05, 3.63) is 23.3 Å². The Hall–Kier alpha value is -2.17. The summed E-state index contributed by atoms with van der Waals surface area (Å²) < 4.78 is 21.9. The fourth-order valence-corrected chi connectivity index (χ4v) is 2.20. The van der Waals surface area contributed by atoms with Crippen molar-refractivity contribution in [1.29, 1.82) is 0 Å². The van der Waals surface area contributed by atoms with Crippen LogP contribution in [0.1, 0.15) is 25.8 Å². The maximum atomic E-state index is 11.4. The molecule has 20 heavy (non-hydrogen) atoms. The third-order valence-corrected chi connectivity index (χ3v) is 3.20. The van der Waals surface area contributed by atoms with Crippen molar-refractivity contribution < 1.29 is 23.7 Å². The van der Waals surface area contributed by atoms with Crippen LogP contribution in [0.25, 0.3) is 0 Å². The molecule has 0 atom stereocenters. The zero-order valence-electron chi connectivity index (χ0n) is 11.5. The van der Waals surface area contributed by atoms with Gasteiger partial charge in [0, 0.05) is 11.6 Å². The molecule has 0 unspecified atom stereocenters. The predicted octanol–water partition coefficient (Wildman–Crippen LogP) is 2.61. The maximum absolute atomic E-state index is 11.4. The third kappa shape index (κ3) is 2.31. The zero-order valence-corrected chi connectivity index (χ0v) is 11.5. The van der Waals surface area contributed by atoms with Crippen molar-refractivity contribution in [3.8, 4) is 23.0 Å². The van der Waals surface area contributed by atoms with Crippen LogP contribution in [-0.2, 0) is 11.2 Å². The van der Waals surface area contributed by atoms with E-state index in [1.165, 1.54) is 5.57 Å². The maximum Gasteiger partial charge on any atom is 0.311 e. The number of rotatable bonds is 3. The average molecular weight is 276 g/mol. The molecule has 106 valence electrons. The van der Waals surface area contributed by atoms with Gasteiger partial charge in [-0.25, -0.2) is 0 Å². The largest absolute Gasteiger partial charge is 0.485 e. The van der Waals surface area contributed by atoms with Gasteiger partial charge in [0.1, 0.15) is 12.4 Å². The molecule has 0 N–H and O–H groups in total. The van der Waals surface area contributed by atoms with Crippen LogP contribution in [0.3, 0.4) is 0 Å². The Morgan fingerprint density at radius 1 is 1.30 bits per heavy atom. The van der Waals surface area contributed by atoms with Gasteiger partial charge in [-0.2, -0.15) is 0 Å². The number of hydrogen-bond acceptors (Lipinski definition) is 5. The zero-order chi connectivity index (χ0) is 14.1. The summed E-state index contributed by atoms with van der Waals surface area (Å²) in [5.41, 5.74) is 2.05. The molecule has 0 aromatic heterocycles. The molecule has 5 heteroatoms. The minimum absolute atomic E-state index is 0.158. The van der Waals surface area contributed by atoms with Crippen molar-refractivity contribution in [2.75, 3.05) is 13.4 Å². The second-order valence-electron chi connectivity index (χ2n) is 4.98. The van der Waals surface area contributed by atoms with Crippen LogP contribution in [0.4, 0.5) is 0 Å². The number of esters is 1. The van der Waals surface area contributed by atoms with E-state index in [-0.39, 0.29) is 12.8 Å². The first kappa shape index (κ1) is 12.8. The molecule has 2 aliphatic heterocycles. The van der Waals surface area contributed by atoms with E-state index < -0.39 is 0 Å². The van der Waals surface area contributed by atoms with Crippen LogP contribution >= 0.6 is 0 Å². The van der Waals surface area contributed by atoms with E-state index in [0.717, 1.165) is 5.56 Å². The molecule has 0 radical (unpaired) electrons. The van der Waals surface area contributed by atoms with Gasteiger partial charge in [-0.3, -0.25) is 4.79 Å². The second-order valence-corrected chi connectivity index (χ2v) is 4.98. The molecule has 0 fully saturated rings. The monoisotopic (exact) mass is 276 g/mol. The van der Waals surface area contributed by atoms with Crippen LogP contribution in [0.2, 0.25) is 0 Å². The van der Waals surface area contributed by atoms with Gasteiger partial charge < -0.3 is 18.9 Å². The summed E-state index contributed by atoms with van der Waals surface area (Å²) in [6, 6.07) is 1.70. The third-order valence-electron chi connectivity index (χ3n) is 3.20. The van der Waals surface area contributed by atoms with Gasteiger partial charge in [0.15, 0.2) is 11.5 Å². The number of ether oxygens (including phenoxy) is 4. The van der Waals surface area contributed by atoms with Crippen LogP contribution in [0.5, 0.6) is 23.0 Å². The summed E-state index contributed by atoms with van der Waals surface area (Å²) >= 11 is 0. The van der Waals surface area contributed by atoms with E-state index in [0.29, 0.717) is 42.4 Å². The number of allylic oxidation sites excluding steroid dienone is 1. The lowest BCUT2D eigenvalue weighted by Crippen LogP contribution is -2.16. The number of hydrogen-bond donors (Lipinski definition) is 0. The first-order chi connectivity index (χ1) is 9.65. The molecule has 2 heterocycles. The van der Waals surface area contributed by atoms with Crippen molar-refractivity contribution in [1.82, 2.24) is 0 Å². The summed E-state index contributed by atoms with van der Waals surface area (Å²) in [6.45, 7) is 4.62. The Bertz CT molecular complexity index is 584. The summed E-state index contributed by atoms with van der Waals surface area (Å²) in [5, 5.41) is 0.